The highest BCUT2D eigenvalue weighted by molar-refractivity contribution is 5.48. The molecule has 0 aliphatic heterocycles. The molecule has 0 bridgehead atoms. The molecule has 0 radical (unpaired) electrons. The van der Waals surface area contributed by atoms with E-state index in [1.165, 1.54) is 0 Å². The van der Waals surface area contributed by atoms with Crippen LogP contribution in [0.3, 0.4) is 0 Å². The second-order valence-electron chi connectivity index (χ2n) is 2.78. The Bertz CT molecular complexity index is 325. The van der Waals surface area contributed by atoms with Gasteiger partial charge in [0, 0.05) is 18.3 Å². The number of allylic oxidation sites excluding steroid dienone is 2. The third kappa shape index (κ3) is 3.44. The van der Waals surface area contributed by atoms with Crippen LogP contribution in [0.5, 0.6) is 0 Å². The molecule has 0 saturated carbocycles. The summed E-state index contributed by atoms with van der Waals surface area (Å²) in [6, 6.07) is 6.01. The number of aromatic nitrogens is 1. The van der Waals surface area contributed by atoms with E-state index in [1.807, 2.05) is 30.5 Å². The van der Waals surface area contributed by atoms with Gasteiger partial charge in [0.25, 0.3) is 0 Å². The van der Waals surface area contributed by atoms with Crippen molar-refractivity contribution in [3.05, 3.63) is 42.3 Å². The minimum absolute atomic E-state index is 0.536. The molecule has 0 aliphatic carbocycles. The van der Waals surface area contributed by atoms with Gasteiger partial charge in [-0.15, -0.1) is 0 Å². The van der Waals surface area contributed by atoms with E-state index in [9.17, 15) is 0 Å². The molecule has 0 aromatic carbocycles. The first-order valence-corrected chi connectivity index (χ1v) is 4.19. The Hall–Kier alpha value is -1.75. The third-order valence-corrected chi connectivity index (χ3v) is 1.68. The summed E-state index contributed by atoms with van der Waals surface area (Å²) in [5.74, 6) is 0. The fourth-order valence-electron chi connectivity index (χ4n) is 0.955. The van der Waals surface area contributed by atoms with Crippen molar-refractivity contribution in [3.63, 3.8) is 0 Å². The minimum atomic E-state index is 0.536. The second kappa shape index (κ2) is 5.00. The maximum Gasteiger partial charge on any atom is 0.0625 e. The predicted molar refractivity (Wildman–Crippen MR) is 53.8 cm³/mol. The van der Waals surface area contributed by atoms with Gasteiger partial charge in [-0.1, -0.05) is 18.2 Å². The number of rotatable bonds is 4. The molecule has 0 saturated heterocycles. The normalized spacial score (nSPS) is 10.1. The van der Waals surface area contributed by atoms with Crippen LogP contribution < -0.4 is 0 Å². The molecule has 0 amide bonds. The lowest BCUT2D eigenvalue weighted by Crippen LogP contribution is -1.75. The van der Waals surface area contributed by atoms with E-state index in [0.29, 0.717) is 6.42 Å². The molecule has 2 heteroatoms. The molecule has 13 heavy (non-hydrogen) atoms. The van der Waals surface area contributed by atoms with Crippen LogP contribution in [0.4, 0.5) is 0 Å². The SMILES string of the molecule is C=C(/C=C/c1ccc[nH]1)CCC#N. The van der Waals surface area contributed by atoms with Crippen molar-refractivity contribution in [2.45, 2.75) is 12.8 Å². The standard InChI is InChI=1S/C11H12N2/c1-10(4-2-8-12)6-7-11-5-3-9-13-11/h3,5-7,9,13H,1-2,4H2/b7-6+. The van der Waals surface area contributed by atoms with Crippen molar-refractivity contribution in [1.82, 2.24) is 4.98 Å². The Morgan fingerprint density at radius 1 is 1.69 bits per heavy atom. The molecular formula is C11H12N2. The van der Waals surface area contributed by atoms with Gasteiger partial charge < -0.3 is 4.98 Å². The van der Waals surface area contributed by atoms with Crippen LogP contribution in [0.25, 0.3) is 6.08 Å². The molecule has 1 aromatic rings. The molecule has 1 N–H and O–H groups in total. The molecule has 0 spiro atoms. The van der Waals surface area contributed by atoms with Crippen molar-refractivity contribution in [3.8, 4) is 6.07 Å². The zero-order chi connectivity index (χ0) is 9.52. The lowest BCUT2D eigenvalue weighted by molar-refractivity contribution is 1.02. The smallest absolute Gasteiger partial charge is 0.0625 e. The number of nitriles is 1. The van der Waals surface area contributed by atoms with Crippen LogP contribution in [0.2, 0.25) is 0 Å². The van der Waals surface area contributed by atoms with Crippen LogP contribution in [0.15, 0.2) is 36.6 Å². The summed E-state index contributed by atoms with van der Waals surface area (Å²) >= 11 is 0. The maximum atomic E-state index is 8.35. The number of nitrogens with one attached hydrogen (secondary N) is 1. The molecule has 0 aliphatic rings. The number of aromatic amines is 1. The zero-order valence-corrected chi connectivity index (χ0v) is 7.46. The van der Waals surface area contributed by atoms with E-state index in [4.69, 9.17) is 5.26 Å². The average Bonchev–Trinajstić information content (AvgIpc) is 2.64. The largest absolute Gasteiger partial charge is 0.362 e. The van der Waals surface area contributed by atoms with Crippen molar-refractivity contribution < 1.29 is 0 Å². The number of nitrogens with zero attached hydrogens (tertiary/aromatic N) is 1. The topological polar surface area (TPSA) is 39.6 Å². The van der Waals surface area contributed by atoms with Gasteiger partial charge in [-0.3, -0.25) is 0 Å². The number of H-pyrrole nitrogens is 1. The monoisotopic (exact) mass is 172 g/mol. The number of hydrogen-bond acceptors (Lipinski definition) is 1. The van der Waals surface area contributed by atoms with Crippen LogP contribution >= 0.6 is 0 Å². The molecule has 0 atom stereocenters. The molecule has 1 rings (SSSR count). The molecule has 0 unspecified atom stereocenters. The summed E-state index contributed by atoms with van der Waals surface area (Å²) in [5, 5.41) is 8.35. The Balaban J connectivity index is 2.41. The lowest BCUT2D eigenvalue weighted by Gasteiger charge is -1.92. The van der Waals surface area contributed by atoms with Crippen molar-refractivity contribution in [2.75, 3.05) is 0 Å². The van der Waals surface area contributed by atoms with E-state index in [-0.39, 0.29) is 0 Å². The van der Waals surface area contributed by atoms with E-state index >= 15 is 0 Å². The van der Waals surface area contributed by atoms with Gasteiger partial charge >= 0.3 is 0 Å². The molecular weight excluding hydrogens is 160 g/mol. The Morgan fingerprint density at radius 3 is 3.15 bits per heavy atom. The minimum Gasteiger partial charge on any atom is -0.362 e. The summed E-state index contributed by atoms with van der Waals surface area (Å²) in [6.45, 7) is 3.84. The summed E-state index contributed by atoms with van der Waals surface area (Å²) in [5.41, 5.74) is 2.04. The van der Waals surface area contributed by atoms with Gasteiger partial charge in [0.15, 0.2) is 0 Å². The van der Waals surface area contributed by atoms with Gasteiger partial charge in [0.2, 0.25) is 0 Å². The first-order chi connectivity index (χ1) is 6.33. The first-order valence-electron chi connectivity index (χ1n) is 4.19. The van der Waals surface area contributed by atoms with Gasteiger partial charge in [-0.2, -0.15) is 5.26 Å². The maximum absolute atomic E-state index is 8.35. The Morgan fingerprint density at radius 2 is 2.54 bits per heavy atom. The van der Waals surface area contributed by atoms with Crippen LogP contribution in [-0.4, -0.2) is 4.98 Å². The van der Waals surface area contributed by atoms with E-state index in [2.05, 4.69) is 17.6 Å². The van der Waals surface area contributed by atoms with Gasteiger partial charge in [-0.25, -0.2) is 0 Å². The molecule has 2 nitrogen and oxygen atoms in total. The first kappa shape index (κ1) is 9.34. The van der Waals surface area contributed by atoms with E-state index < -0.39 is 0 Å². The van der Waals surface area contributed by atoms with Crippen molar-refractivity contribution in [2.24, 2.45) is 0 Å². The highest BCUT2D eigenvalue weighted by atomic mass is 14.7. The Kier molecular flexibility index (Phi) is 3.59. The van der Waals surface area contributed by atoms with Crippen molar-refractivity contribution in [1.29, 1.82) is 5.26 Å². The highest BCUT2D eigenvalue weighted by Crippen LogP contribution is 2.06. The molecule has 66 valence electrons. The summed E-state index contributed by atoms with van der Waals surface area (Å²) in [6.07, 6.45) is 7.04. The highest BCUT2D eigenvalue weighted by Gasteiger charge is 1.88. The molecule has 0 fully saturated rings. The number of hydrogen-bond donors (Lipinski definition) is 1. The summed E-state index contributed by atoms with van der Waals surface area (Å²) < 4.78 is 0. The van der Waals surface area contributed by atoms with Crippen molar-refractivity contribution >= 4 is 6.08 Å². The fraction of sp³-hybridized carbons (Fsp3) is 0.182. The second-order valence-corrected chi connectivity index (χ2v) is 2.78. The molecule has 1 aromatic heterocycles. The summed E-state index contributed by atoms with van der Waals surface area (Å²) in [4.78, 5) is 3.06. The van der Waals surface area contributed by atoms with Gasteiger partial charge in [0.1, 0.15) is 0 Å². The zero-order valence-electron chi connectivity index (χ0n) is 7.46. The average molecular weight is 172 g/mol. The molecule has 1 heterocycles. The van der Waals surface area contributed by atoms with E-state index in [1.54, 1.807) is 0 Å². The van der Waals surface area contributed by atoms with Gasteiger partial charge in [0.05, 0.1) is 6.07 Å². The lowest BCUT2D eigenvalue weighted by atomic mass is 10.1. The fourth-order valence-corrected chi connectivity index (χ4v) is 0.955. The quantitative estimate of drug-likeness (QED) is 0.697. The van der Waals surface area contributed by atoms with Crippen LogP contribution in [0, 0.1) is 11.3 Å². The predicted octanol–water partition coefficient (Wildman–Crippen LogP) is 2.89. The third-order valence-electron chi connectivity index (χ3n) is 1.68. The van der Waals surface area contributed by atoms with Crippen LogP contribution in [-0.2, 0) is 0 Å². The van der Waals surface area contributed by atoms with E-state index in [0.717, 1.165) is 17.7 Å². The van der Waals surface area contributed by atoms with Gasteiger partial charge in [-0.05, 0) is 24.6 Å². The van der Waals surface area contributed by atoms with Crippen LogP contribution in [0.1, 0.15) is 18.5 Å². The summed E-state index contributed by atoms with van der Waals surface area (Å²) in [7, 11) is 0. The Labute approximate surface area is 78.2 Å².